The molecule has 1 unspecified atom stereocenters. The van der Waals surface area contributed by atoms with Crippen molar-refractivity contribution in [1.29, 1.82) is 0 Å². The third-order valence-electron chi connectivity index (χ3n) is 4.25. The third-order valence-corrected chi connectivity index (χ3v) is 4.53. The van der Waals surface area contributed by atoms with Crippen LogP contribution in [0.2, 0.25) is 5.02 Å². The number of carbonyl (C=O) groups is 2. The first-order chi connectivity index (χ1) is 14.1. The number of rotatable bonds is 8. The Labute approximate surface area is 179 Å². The Bertz CT molecular complexity index is 899. The smallest absolute Gasteiger partial charge is 0.272 e. The molecule has 2 N–H and O–H groups in total. The Morgan fingerprint density at radius 1 is 1.20 bits per heavy atom. The lowest BCUT2D eigenvalue weighted by Gasteiger charge is -2.18. The van der Waals surface area contributed by atoms with Crippen molar-refractivity contribution in [2.24, 2.45) is 5.92 Å². The summed E-state index contributed by atoms with van der Waals surface area (Å²) in [7, 11) is 0. The minimum absolute atomic E-state index is 0.189. The maximum atomic E-state index is 12.6. The van der Waals surface area contributed by atoms with E-state index < -0.39 is 19.1 Å². The van der Waals surface area contributed by atoms with Crippen molar-refractivity contribution < 1.29 is 23.1 Å². The molecule has 0 spiro atoms. The number of nitrogens with zero attached hydrogens (tertiary/aromatic N) is 1. The predicted molar refractivity (Wildman–Crippen MR) is 111 cm³/mol. The van der Waals surface area contributed by atoms with Gasteiger partial charge in [-0.3, -0.25) is 9.59 Å². The highest BCUT2D eigenvalue weighted by molar-refractivity contribution is 6.32. The molecule has 0 radical (unpaired) electrons. The fraction of sp³-hybridized carbons (Fsp3) is 0.381. The summed E-state index contributed by atoms with van der Waals surface area (Å²) in [6.45, 7) is 6.22. The van der Waals surface area contributed by atoms with Crippen molar-refractivity contribution in [3.8, 4) is 5.75 Å². The van der Waals surface area contributed by atoms with E-state index >= 15 is 0 Å². The molecule has 9 heteroatoms. The lowest BCUT2D eigenvalue weighted by molar-refractivity contribution is -0.118. The van der Waals surface area contributed by atoms with Gasteiger partial charge in [0.05, 0.1) is 11.1 Å². The summed E-state index contributed by atoms with van der Waals surface area (Å²) < 4.78 is 29.8. The second kappa shape index (κ2) is 10.3. The van der Waals surface area contributed by atoms with Gasteiger partial charge in [-0.25, -0.2) is 13.8 Å². The fourth-order valence-corrected chi connectivity index (χ4v) is 2.94. The molecule has 0 fully saturated rings. The van der Waals surface area contributed by atoms with E-state index in [0.29, 0.717) is 16.7 Å². The van der Waals surface area contributed by atoms with Crippen LogP contribution in [0.3, 0.4) is 0 Å². The number of aryl methyl sites for hydroxylation is 1. The van der Waals surface area contributed by atoms with Gasteiger partial charge in [-0.2, -0.15) is 0 Å². The molecule has 0 aliphatic carbocycles. The average molecular weight is 440 g/mol. The molecule has 2 rings (SSSR count). The summed E-state index contributed by atoms with van der Waals surface area (Å²) in [6, 6.07) is 5.90. The number of aromatic nitrogens is 1. The molecule has 0 bridgehead atoms. The monoisotopic (exact) mass is 439 g/mol. The largest absolute Gasteiger partial charge is 0.486 e. The summed E-state index contributed by atoms with van der Waals surface area (Å²) >= 11 is 6.18. The van der Waals surface area contributed by atoms with Crippen molar-refractivity contribution >= 4 is 29.2 Å². The Kier molecular flexibility index (Phi) is 8.11. The molecule has 162 valence electrons. The van der Waals surface area contributed by atoms with Crippen molar-refractivity contribution in [1.82, 2.24) is 10.3 Å². The van der Waals surface area contributed by atoms with Crippen LogP contribution in [0.15, 0.2) is 30.5 Å². The van der Waals surface area contributed by atoms with Gasteiger partial charge in [0.2, 0.25) is 5.91 Å². The summed E-state index contributed by atoms with van der Waals surface area (Å²) in [5.74, 6) is -0.304. The number of ether oxygens (including phenoxy) is 1. The molecule has 2 aromatic rings. The van der Waals surface area contributed by atoms with E-state index in [9.17, 15) is 18.4 Å². The number of alkyl halides is 2. The molecule has 1 aromatic carbocycles. The minimum Gasteiger partial charge on any atom is -0.486 e. The molecule has 0 saturated carbocycles. The molecule has 0 aliphatic rings. The van der Waals surface area contributed by atoms with E-state index in [-0.39, 0.29) is 34.3 Å². The highest BCUT2D eigenvalue weighted by Crippen LogP contribution is 2.32. The normalized spacial score (nSPS) is 12.0. The standard InChI is InChI=1S/C21H24ClF2N3O3/c1-11(2)20(28)27-18-9-14(5-6-25-18)21(29)26-13(4)15-7-12(3)19(16(22)8-15)30-10-17(23)24/h5-9,11,13,17H,10H2,1-4H3,(H,26,29)(H,25,27,28). The molecular weight excluding hydrogens is 416 g/mol. The highest BCUT2D eigenvalue weighted by atomic mass is 35.5. The zero-order valence-corrected chi connectivity index (χ0v) is 17.9. The molecule has 0 aliphatic heterocycles. The van der Waals surface area contributed by atoms with Gasteiger partial charge < -0.3 is 15.4 Å². The zero-order chi connectivity index (χ0) is 22.4. The molecule has 6 nitrogen and oxygen atoms in total. The first-order valence-electron chi connectivity index (χ1n) is 9.37. The van der Waals surface area contributed by atoms with Gasteiger partial charge in [0.15, 0.2) is 0 Å². The number of benzene rings is 1. The van der Waals surface area contributed by atoms with Crippen molar-refractivity contribution in [2.75, 3.05) is 11.9 Å². The van der Waals surface area contributed by atoms with E-state index in [1.807, 2.05) is 0 Å². The number of carbonyl (C=O) groups excluding carboxylic acids is 2. The van der Waals surface area contributed by atoms with E-state index in [0.717, 1.165) is 0 Å². The average Bonchev–Trinajstić information content (AvgIpc) is 2.66. The van der Waals surface area contributed by atoms with Crippen molar-refractivity contribution in [3.05, 3.63) is 52.2 Å². The Morgan fingerprint density at radius 2 is 1.90 bits per heavy atom. The number of halogens is 3. The quantitative estimate of drug-likeness (QED) is 0.620. The maximum absolute atomic E-state index is 12.6. The molecular formula is C21H24ClF2N3O3. The molecule has 2 amide bonds. The zero-order valence-electron chi connectivity index (χ0n) is 17.1. The van der Waals surface area contributed by atoms with Crippen LogP contribution in [-0.2, 0) is 4.79 Å². The van der Waals surface area contributed by atoms with Crippen LogP contribution in [0.5, 0.6) is 5.75 Å². The van der Waals surface area contributed by atoms with Gasteiger partial charge >= 0.3 is 0 Å². The number of hydrogen-bond acceptors (Lipinski definition) is 4. The van der Waals surface area contributed by atoms with E-state index in [1.165, 1.54) is 18.3 Å². The van der Waals surface area contributed by atoms with Crippen molar-refractivity contribution in [3.63, 3.8) is 0 Å². The fourth-order valence-electron chi connectivity index (χ4n) is 2.61. The Balaban J connectivity index is 2.11. The van der Waals surface area contributed by atoms with Gasteiger partial charge in [0, 0.05) is 17.7 Å². The Hall–Kier alpha value is -2.74. The molecule has 1 heterocycles. The highest BCUT2D eigenvalue weighted by Gasteiger charge is 2.17. The number of nitrogens with one attached hydrogen (secondary N) is 2. The SMILES string of the molecule is Cc1cc(C(C)NC(=O)c2ccnc(NC(=O)C(C)C)c2)cc(Cl)c1OCC(F)F. The predicted octanol–water partition coefficient (Wildman–Crippen LogP) is 4.77. The minimum atomic E-state index is -2.60. The van der Waals surface area contributed by atoms with Crippen LogP contribution < -0.4 is 15.4 Å². The number of pyridine rings is 1. The van der Waals surface area contributed by atoms with Crippen LogP contribution in [0.4, 0.5) is 14.6 Å². The molecule has 30 heavy (non-hydrogen) atoms. The summed E-state index contributed by atoms with van der Waals surface area (Å²) in [6.07, 6.45) is -1.17. The summed E-state index contributed by atoms with van der Waals surface area (Å²) in [4.78, 5) is 28.5. The Morgan fingerprint density at radius 3 is 2.50 bits per heavy atom. The van der Waals surface area contributed by atoms with Crippen LogP contribution in [0.25, 0.3) is 0 Å². The summed E-state index contributed by atoms with van der Waals surface area (Å²) in [5, 5.41) is 5.68. The van der Waals surface area contributed by atoms with Gasteiger partial charge in [-0.15, -0.1) is 0 Å². The van der Waals surface area contributed by atoms with E-state index in [4.69, 9.17) is 16.3 Å². The van der Waals surface area contributed by atoms with E-state index in [2.05, 4.69) is 15.6 Å². The number of amides is 2. The van der Waals surface area contributed by atoms with E-state index in [1.54, 1.807) is 39.8 Å². The first-order valence-corrected chi connectivity index (χ1v) is 9.75. The second-order valence-corrected chi connectivity index (χ2v) is 7.53. The molecule has 1 atom stereocenters. The van der Waals surface area contributed by atoms with Gasteiger partial charge in [0.1, 0.15) is 18.2 Å². The third kappa shape index (κ3) is 6.38. The molecule has 1 aromatic heterocycles. The van der Waals surface area contributed by atoms with Gasteiger partial charge in [-0.1, -0.05) is 31.5 Å². The summed E-state index contributed by atoms with van der Waals surface area (Å²) in [5.41, 5.74) is 1.61. The van der Waals surface area contributed by atoms with Crippen molar-refractivity contribution in [2.45, 2.75) is 40.2 Å². The van der Waals surface area contributed by atoms with Crippen LogP contribution >= 0.6 is 11.6 Å². The second-order valence-electron chi connectivity index (χ2n) is 7.12. The van der Waals surface area contributed by atoms with Gasteiger partial charge in [-0.05, 0) is 43.2 Å². The first kappa shape index (κ1) is 23.5. The topological polar surface area (TPSA) is 80.3 Å². The van der Waals surface area contributed by atoms with Crippen LogP contribution in [-0.4, -0.2) is 29.8 Å². The lowest BCUT2D eigenvalue weighted by Crippen LogP contribution is -2.27. The molecule has 0 saturated heterocycles. The number of anilines is 1. The number of hydrogen-bond donors (Lipinski definition) is 2. The maximum Gasteiger partial charge on any atom is 0.272 e. The van der Waals surface area contributed by atoms with Crippen LogP contribution in [0.1, 0.15) is 48.3 Å². The van der Waals surface area contributed by atoms with Gasteiger partial charge in [0.25, 0.3) is 12.3 Å². The van der Waals surface area contributed by atoms with Crippen LogP contribution in [0, 0.1) is 12.8 Å². The lowest BCUT2D eigenvalue weighted by atomic mass is 10.0.